The summed E-state index contributed by atoms with van der Waals surface area (Å²) in [6.45, 7) is 5.17. The Morgan fingerprint density at radius 2 is 1.92 bits per heavy atom. The molecule has 2 aromatic heterocycles. The summed E-state index contributed by atoms with van der Waals surface area (Å²) < 4.78 is 3.36. The first kappa shape index (κ1) is 16.6. The van der Waals surface area contributed by atoms with Crippen molar-refractivity contribution < 1.29 is 4.79 Å². The molecule has 0 unspecified atom stereocenters. The smallest absolute Gasteiger partial charge is 0.330 e. The summed E-state index contributed by atoms with van der Waals surface area (Å²) in [5.41, 5.74) is 4.30. The quantitative estimate of drug-likeness (QED) is 0.713. The van der Waals surface area contributed by atoms with E-state index in [2.05, 4.69) is 11.1 Å². The van der Waals surface area contributed by atoms with Crippen LogP contribution in [0.3, 0.4) is 0 Å². The van der Waals surface area contributed by atoms with Crippen LogP contribution < -0.4 is 5.69 Å². The van der Waals surface area contributed by atoms with Crippen molar-refractivity contribution in [3.8, 4) is 0 Å². The van der Waals surface area contributed by atoms with Gasteiger partial charge in [-0.1, -0.05) is 17.2 Å². The zero-order valence-corrected chi connectivity index (χ0v) is 15.3. The van der Waals surface area contributed by atoms with Crippen LogP contribution >= 0.6 is 0 Å². The van der Waals surface area contributed by atoms with E-state index in [9.17, 15) is 9.59 Å². The molecule has 6 nitrogen and oxygen atoms in total. The number of carbonyl (C=O) groups is 1. The van der Waals surface area contributed by atoms with Gasteiger partial charge in [-0.15, -0.1) is 0 Å². The minimum Gasteiger partial charge on any atom is -0.336 e. The first-order valence-electron chi connectivity index (χ1n) is 8.85. The van der Waals surface area contributed by atoms with Crippen molar-refractivity contribution in [2.24, 2.45) is 7.05 Å². The van der Waals surface area contributed by atoms with Crippen molar-refractivity contribution in [3.63, 3.8) is 0 Å². The molecule has 0 radical (unpaired) electrons. The molecule has 1 aromatic carbocycles. The fourth-order valence-corrected chi connectivity index (χ4v) is 3.94. The summed E-state index contributed by atoms with van der Waals surface area (Å²) in [5, 5.41) is 0. The molecule has 3 aromatic rings. The van der Waals surface area contributed by atoms with E-state index in [1.807, 2.05) is 43.0 Å². The zero-order chi connectivity index (χ0) is 18.4. The average molecular weight is 350 g/mol. The number of aromatic nitrogens is 3. The van der Waals surface area contributed by atoms with Gasteiger partial charge in [0.2, 0.25) is 0 Å². The molecule has 6 heteroatoms. The molecule has 4 rings (SSSR count). The second kappa shape index (κ2) is 6.12. The SMILES string of the molecule is Cc1cc(C)cc(C(=O)N2CC[C@@H](n3c(=O)n(C)c4cccnc43)C2)c1. The Morgan fingerprint density at radius 3 is 2.65 bits per heavy atom. The molecule has 0 N–H and O–H groups in total. The van der Waals surface area contributed by atoms with Gasteiger partial charge in [0.15, 0.2) is 5.65 Å². The molecule has 0 spiro atoms. The number of fused-ring (bicyclic) bond motifs is 1. The van der Waals surface area contributed by atoms with Gasteiger partial charge in [-0.3, -0.25) is 13.9 Å². The first-order chi connectivity index (χ1) is 12.5. The molecule has 1 saturated heterocycles. The number of likely N-dealkylation sites (tertiary alicyclic amines) is 1. The lowest BCUT2D eigenvalue weighted by molar-refractivity contribution is 0.0787. The summed E-state index contributed by atoms with van der Waals surface area (Å²) in [7, 11) is 1.76. The van der Waals surface area contributed by atoms with Gasteiger partial charge >= 0.3 is 5.69 Å². The maximum absolute atomic E-state index is 12.9. The number of aryl methyl sites for hydroxylation is 3. The van der Waals surface area contributed by atoms with Gasteiger partial charge in [0.1, 0.15) is 0 Å². The number of hydrogen-bond donors (Lipinski definition) is 0. The molecule has 0 saturated carbocycles. The minimum atomic E-state index is -0.0793. The number of rotatable bonds is 2. The molecule has 1 amide bonds. The lowest BCUT2D eigenvalue weighted by Gasteiger charge is -2.17. The highest BCUT2D eigenvalue weighted by molar-refractivity contribution is 5.94. The zero-order valence-electron chi connectivity index (χ0n) is 15.3. The monoisotopic (exact) mass is 350 g/mol. The summed E-state index contributed by atoms with van der Waals surface area (Å²) >= 11 is 0. The topological polar surface area (TPSA) is 60.1 Å². The van der Waals surface area contributed by atoms with Crippen LogP contribution in [-0.4, -0.2) is 38.0 Å². The van der Waals surface area contributed by atoms with E-state index in [1.165, 1.54) is 0 Å². The average Bonchev–Trinajstić information content (AvgIpc) is 3.18. The van der Waals surface area contributed by atoms with Crippen LogP contribution in [0.1, 0.15) is 33.9 Å². The molecule has 0 bridgehead atoms. The predicted octanol–water partition coefficient (Wildman–Crippen LogP) is 2.44. The van der Waals surface area contributed by atoms with Crippen molar-refractivity contribution >= 4 is 17.1 Å². The number of hydrogen-bond acceptors (Lipinski definition) is 3. The van der Waals surface area contributed by atoms with Gasteiger partial charge in [0, 0.05) is 31.9 Å². The second-order valence-corrected chi connectivity index (χ2v) is 7.13. The standard InChI is InChI=1S/C20H22N4O2/c1-13-9-14(2)11-15(10-13)19(25)23-8-6-16(12-23)24-18-17(5-4-7-21-18)22(3)20(24)26/h4-5,7,9-11,16H,6,8,12H2,1-3H3/t16-/m1/s1. The second-order valence-electron chi connectivity index (χ2n) is 7.13. The van der Waals surface area contributed by atoms with E-state index in [-0.39, 0.29) is 17.6 Å². The van der Waals surface area contributed by atoms with Crippen molar-refractivity contribution in [2.45, 2.75) is 26.3 Å². The van der Waals surface area contributed by atoms with Crippen LogP contribution in [0, 0.1) is 13.8 Å². The molecular formula is C20H22N4O2. The van der Waals surface area contributed by atoms with Crippen LogP contribution in [0.5, 0.6) is 0 Å². The van der Waals surface area contributed by atoms with E-state index in [0.29, 0.717) is 24.3 Å². The van der Waals surface area contributed by atoms with E-state index in [4.69, 9.17) is 0 Å². The van der Waals surface area contributed by atoms with Crippen LogP contribution in [0.15, 0.2) is 41.3 Å². The van der Waals surface area contributed by atoms with Gasteiger partial charge in [-0.25, -0.2) is 9.78 Å². The number of imidazole rings is 1. The highest BCUT2D eigenvalue weighted by Gasteiger charge is 2.31. The fraction of sp³-hybridized carbons (Fsp3) is 0.350. The Labute approximate surface area is 151 Å². The molecule has 3 heterocycles. The number of benzene rings is 1. The summed E-state index contributed by atoms with van der Waals surface area (Å²) in [6.07, 6.45) is 2.46. The largest absolute Gasteiger partial charge is 0.336 e. The van der Waals surface area contributed by atoms with Gasteiger partial charge in [-0.2, -0.15) is 0 Å². The van der Waals surface area contributed by atoms with Crippen LogP contribution in [0.25, 0.3) is 11.2 Å². The highest BCUT2D eigenvalue weighted by atomic mass is 16.2. The number of carbonyl (C=O) groups excluding carboxylic acids is 1. The maximum Gasteiger partial charge on any atom is 0.330 e. The van der Waals surface area contributed by atoms with Crippen LogP contribution in [-0.2, 0) is 7.05 Å². The number of pyridine rings is 1. The van der Waals surface area contributed by atoms with Crippen molar-refractivity contribution in [1.82, 2.24) is 19.0 Å². The van der Waals surface area contributed by atoms with Crippen molar-refractivity contribution in [2.75, 3.05) is 13.1 Å². The fourth-order valence-electron chi connectivity index (χ4n) is 3.94. The lowest BCUT2D eigenvalue weighted by atomic mass is 10.1. The molecule has 134 valence electrons. The van der Waals surface area contributed by atoms with E-state index in [1.54, 1.807) is 22.4 Å². The molecule has 1 aliphatic heterocycles. The Kier molecular flexibility index (Phi) is 3.90. The maximum atomic E-state index is 12.9. The molecule has 0 aliphatic carbocycles. The molecule has 1 atom stereocenters. The van der Waals surface area contributed by atoms with Crippen LogP contribution in [0.4, 0.5) is 0 Å². The number of nitrogens with zero attached hydrogens (tertiary/aromatic N) is 4. The van der Waals surface area contributed by atoms with Gasteiger partial charge in [0.25, 0.3) is 5.91 Å². The Hall–Kier alpha value is -2.89. The molecular weight excluding hydrogens is 328 g/mol. The predicted molar refractivity (Wildman–Crippen MR) is 100 cm³/mol. The Bertz CT molecular complexity index is 1040. The van der Waals surface area contributed by atoms with Crippen molar-refractivity contribution in [3.05, 3.63) is 63.7 Å². The minimum absolute atomic E-state index is 0.0283. The normalized spacial score (nSPS) is 17.2. The van der Waals surface area contributed by atoms with E-state index >= 15 is 0 Å². The first-order valence-corrected chi connectivity index (χ1v) is 8.85. The lowest BCUT2D eigenvalue weighted by Crippen LogP contribution is -2.31. The van der Waals surface area contributed by atoms with Gasteiger partial charge in [0.05, 0.1) is 11.6 Å². The Morgan fingerprint density at radius 1 is 1.19 bits per heavy atom. The molecule has 26 heavy (non-hydrogen) atoms. The Balaban J connectivity index is 1.64. The van der Waals surface area contributed by atoms with E-state index < -0.39 is 0 Å². The van der Waals surface area contributed by atoms with E-state index in [0.717, 1.165) is 23.1 Å². The summed E-state index contributed by atoms with van der Waals surface area (Å²) in [6, 6.07) is 9.59. The third-order valence-electron chi connectivity index (χ3n) is 5.13. The third-order valence-corrected chi connectivity index (χ3v) is 5.13. The molecule has 1 fully saturated rings. The third kappa shape index (κ3) is 2.62. The number of amides is 1. The molecule has 1 aliphatic rings. The van der Waals surface area contributed by atoms with Gasteiger partial charge < -0.3 is 4.90 Å². The van der Waals surface area contributed by atoms with Gasteiger partial charge in [-0.05, 0) is 44.5 Å². The summed E-state index contributed by atoms with van der Waals surface area (Å²) in [5.74, 6) is 0.0283. The summed E-state index contributed by atoms with van der Waals surface area (Å²) in [4.78, 5) is 31.8. The van der Waals surface area contributed by atoms with Crippen LogP contribution in [0.2, 0.25) is 0 Å². The van der Waals surface area contributed by atoms with Crippen molar-refractivity contribution in [1.29, 1.82) is 0 Å². The highest BCUT2D eigenvalue weighted by Crippen LogP contribution is 2.25.